The lowest BCUT2D eigenvalue weighted by molar-refractivity contribution is 0.0679. The molecular formula is C29H40N2O3. The van der Waals surface area contributed by atoms with E-state index in [1.807, 2.05) is 24.3 Å². The molecule has 1 heterocycles. The van der Waals surface area contributed by atoms with Crippen LogP contribution in [0.5, 0.6) is 5.75 Å². The molecule has 0 unspecified atom stereocenters. The Kier molecular flexibility index (Phi) is 7.95. The number of benzene rings is 2. The molecule has 1 amide bonds. The summed E-state index contributed by atoms with van der Waals surface area (Å²) >= 11 is 0. The number of rotatable bonds is 8. The van der Waals surface area contributed by atoms with Crippen molar-refractivity contribution in [1.82, 2.24) is 10.6 Å². The maximum absolute atomic E-state index is 12.8. The summed E-state index contributed by atoms with van der Waals surface area (Å²) in [5.41, 5.74) is 5.02. The second-order valence-electron chi connectivity index (χ2n) is 11.0. The Bertz CT molecular complexity index is 958. The van der Waals surface area contributed by atoms with E-state index in [2.05, 4.69) is 56.5 Å². The molecule has 34 heavy (non-hydrogen) atoms. The van der Waals surface area contributed by atoms with Crippen molar-refractivity contribution in [3.05, 3.63) is 64.7 Å². The van der Waals surface area contributed by atoms with E-state index in [1.165, 1.54) is 16.7 Å². The van der Waals surface area contributed by atoms with E-state index >= 15 is 0 Å². The van der Waals surface area contributed by atoms with Crippen molar-refractivity contribution in [2.24, 2.45) is 5.41 Å². The monoisotopic (exact) mass is 464 g/mol. The lowest BCUT2D eigenvalue weighted by atomic mass is 9.86. The number of ether oxygens (including phenoxy) is 2. The molecule has 0 aromatic heterocycles. The van der Waals surface area contributed by atoms with Crippen molar-refractivity contribution < 1.29 is 14.3 Å². The van der Waals surface area contributed by atoms with E-state index in [0.717, 1.165) is 51.0 Å². The molecule has 0 bridgehead atoms. The molecule has 2 aliphatic rings. The summed E-state index contributed by atoms with van der Waals surface area (Å²) in [5, 5.41) is 6.88. The molecule has 4 rings (SSSR count). The highest BCUT2D eigenvalue weighted by molar-refractivity contribution is 5.94. The third-order valence-corrected chi connectivity index (χ3v) is 7.32. The van der Waals surface area contributed by atoms with Crippen LogP contribution in [0.1, 0.15) is 74.0 Å². The quantitative estimate of drug-likeness (QED) is 0.574. The summed E-state index contributed by atoms with van der Waals surface area (Å²) in [6.45, 7) is 11.3. The first-order chi connectivity index (χ1) is 16.3. The van der Waals surface area contributed by atoms with Crippen LogP contribution in [0.4, 0.5) is 0 Å². The number of hydrogen-bond donors (Lipinski definition) is 2. The number of hydrogen-bond acceptors (Lipinski definition) is 4. The fraction of sp³-hybridized carbons (Fsp3) is 0.552. The number of fused-ring (bicyclic) bond motifs is 1. The van der Waals surface area contributed by atoms with Crippen molar-refractivity contribution >= 4 is 5.91 Å². The fourth-order valence-corrected chi connectivity index (χ4v) is 4.55. The largest absolute Gasteiger partial charge is 0.491 e. The average Bonchev–Trinajstić information content (AvgIpc) is 3.34. The first-order valence-electron chi connectivity index (χ1n) is 12.8. The van der Waals surface area contributed by atoms with Gasteiger partial charge in [0.2, 0.25) is 0 Å². The van der Waals surface area contributed by atoms with Crippen molar-refractivity contribution in [2.45, 2.75) is 84.5 Å². The molecule has 2 aromatic rings. The fourth-order valence-electron chi connectivity index (χ4n) is 4.55. The van der Waals surface area contributed by atoms with Gasteiger partial charge in [0.15, 0.2) is 0 Å². The van der Waals surface area contributed by atoms with E-state index in [-0.39, 0.29) is 23.5 Å². The van der Waals surface area contributed by atoms with Gasteiger partial charge in [-0.25, -0.2) is 0 Å². The smallest absolute Gasteiger partial charge is 0.251 e. The van der Waals surface area contributed by atoms with Gasteiger partial charge in [-0.1, -0.05) is 39.0 Å². The van der Waals surface area contributed by atoms with Gasteiger partial charge in [-0.15, -0.1) is 0 Å². The van der Waals surface area contributed by atoms with Crippen molar-refractivity contribution in [1.29, 1.82) is 0 Å². The van der Waals surface area contributed by atoms with Gasteiger partial charge >= 0.3 is 0 Å². The maximum atomic E-state index is 12.8. The van der Waals surface area contributed by atoms with Crippen LogP contribution in [0.15, 0.2) is 42.5 Å². The first-order valence-corrected chi connectivity index (χ1v) is 12.8. The van der Waals surface area contributed by atoms with E-state index in [1.54, 1.807) is 0 Å². The molecule has 5 nitrogen and oxygen atoms in total. The van der Waals surface area contributed by atoms with Crippen molar-refractivity contribution in [2.75, 3.05) is 13.2 Å². The summed E-state index contributed by atoms with van der Waals surface area (Å²) in [7, 11) is 0. The van der Waals surface area contributed by atoms with Gasteiger partial charge in [-0.3, -0.25) is 4.79 Å². The van der Waals surface area contributed by atoms with Gasteiger partial charge < -0.3 is 20.1 Å². The molecule has 1 fully saturated rings. The summed E-state index contributed by atoms with van der Waals surface area (Å²) in [5.74, 6) is 0.761. The number of amides is 1. The maximum Gasteiger partial charge on any atom is 0.251 e. The molecule has 1 aliphatic carbocycles. The topological polar surface area (TPSA) is 59.6 Å². The molecule has 2 aromatic carbocycles. The van der Waals surface area contributed by atoms with E-state index in [0.29, 0.717) is 18.2 Å². The van der Waals surface area contributed by atoms with Crippen molar-refractivity contribution in [3.63, 3.8) is 0 Å². The highest BCUT2D eigenvalue weighted by Gasteiger charge is 2.22. The molecular weight excluding hydrogens is 424 g/mol. The van der Waals surface area contributed by atoms with Crippen LogP contribution in [0.3, 0.4) is 0 Å². The Hall–Kier alpha value is -2.37. The lowest BCUT2D eigenvalue weighted by Crippen LogP contribution is -2.39. The Balaban J connectivity index is 1.26. The summed E-state index contributed by atoms with van der Waals surface area (Å²) in [4.78, 5) is 12.8. The van der Waals surface area contributed by atoms with E-state index < -0.39 is 0 Å². The van der Waals surface area contributed by atoms with Crippen molar-refractivity contribution in [3.8, 4) is 5.75 Å². The molecule has 0 radical (unpaired) electrons. The summed E-state index contributed by atoms with van der Waals surface area (Å²) in [6.07, 6.45) is 5.20. The van der Waals surface area contributed by atoms with Crippen LogP contribution in [-0.2, 0) is 24.1 Å². The number of nitrogens with one attached hydrogen (secondary N) is 2. The van der Waals surface area contributed by atoms with Crippen LogP contribution in [0.25, 0.3) is 0 Å². The average molecular weight is 465 g/mol. The summed E-state index contributed by atoms with van der Waals surface area (Å²) < 4.78 is 11.4. The van der Waals surface area contributed by atoms with Crippen LogP contribution in [0, 0.1) is 5.41 Å². The molecule has 1 saturated heterocycles. The zero-order valence-corrected chi connectivity index (χ0v) is 21.2. The predicted molar refractivity (Wildman–Crippen MR) is 136 cm³/mol. The molecule has 0 saturated carbocycles. The normalized spacial score (nSPS) is 21.1. The van der Waals surface area contributed by atoms with Gasteiger partial charge in [0.1, 0.15) is 12.4 Å². The summed E-state index contributed by atoms with van der Waals surface area (Å²) in [6, 6.07) is 14.8. The Morgan fingerprint density at radius 2 is 1.91 bits per heavy atom. The number of carbonyl (C=O) groups is 1. The standard InChI is InChI=1S/C29H40N2O3/c1-20(29(2,3)4)30-18-21-7-8-24-17-25(12-9-23(24)16-21)31-28(32)22-10-13-26(14-11-22)34-19-27-6-5-15-33-27/h7-8,10-11,13-14,16,20,25,27,30H,5-6,9,12,15,17-19H2,1-4H3,(H,31,32)/t20-,25-,27-/m0/s1. The highest BCUT2D eigenvalue weighted by Crippen LogP contribution is 2.24. The number of aryl methyl sites for hydroxylation is 1. The molecule has 3 atom stereocenters. The Morgan fingerprint density at radius 1 is 1.12 bits per heavy atom. The number of carbonyl (C=O) groups excluding carboxylic acids is 1. The zero-order chi connectivity index (χ0) is 24.1. The van der Waals surface area contributed by atoms with Gasteiger partial charge in [-0.2, -0.15) is 0 Å². The third-order valence-electron chi connectivity index (χ3n) is 7.32. The molecule has 2 N–H and O–H groups in total. The van der Waals surface area contributed by atoms with Gasteiger partial charge in [0, 0.05) is 30.8 Å². The van der Waals surface area contributed by atoms with E-state index in [9.17, 15) is 4.79 Å². The minimum atomic E-state index is -0.0175. The zero-order valence-electron chi connectivity index (χ0n) is 21.2. The second-order valence-corrected chi connectivity index (χ2v) is 11.0. The first kappa shape index (κ1) is 24.7. The molecule has 184 valence electrons. The van der Waals surface area contributed by atoms with Gasteiger partial charge in [0.05, 0.1) is 6.10 Å². The van der Waals surface area contributed by atoms with Crippen LogP contribution in [-0.4, -0.2) is 37.3 Å². The minimum absolute atomic E-state index is 0.0175. The molecule has 0 spiro atoms. The SMILES string of the molecule is C[C@H](NCc1ccc2c(c1)CC[C@H](NC(=O)c1ccc(OC[C@@H]3CCCO3)cc1)C2)C(C)(C)C. The molecule has 5 heteroatoms. The van der Waals surface area contributed by atoms with E-state index in [4.69, 9.17) is 9.47 Å². The second kappa shape index (κ2) is 10.9. The Morgan fingerprint density at radius 3 is 2.62 bits per heavy atom. The predicted octanol–water partition coefficient (Wildman–Crippen LogP) is 5.06. The van der Waals surface area contributed by atoms with Gasteiger partial charge in [0.25, 0.3) is 5.91 Å². The van der Waals surface area contributed by atoms with Gasteiger partial charge in [-0.05, 0) is 85.4 Å². The molecule has 1 aliphatic heterocycles. The minimum Gasteiger partial charge on any atom is -0.491 e. The van der Waals surface area contributed by atoms with Crippen LogP contribution < -0.4 is 15.4 Å². The lowest BCUT2D eigenvalue weighted by Gasteiger charge is -2.29. The third kappa shape index (κ3) is 6.61. The Labute approximate surface area is 204 Å². The highest BCUT2D eigenvalue weighted by atomic mass is 16.5. The van der Waals surface area contributed by atoms with Crippen LogP contribution in [0.2, 0.25) is 0 Å². The van der Waals surface area contributed by atoms with Crippen LogP contribution >= 0.6 is 0 Å².